The van der Waals surface area contributed by atoms with Crippen molar-refractivity contribution in [2.75, 3.05) is 12.6 Å². The lowest BCUT2D eigenvalue weighted by molar-refractivity contribution is 0.0599. The Morgan fingerprint density at radius 1 is 1.24 bits per heavy atom. The third-order valence-electron chi connectivity index (χ3n) is 2.49. The van der Waals surface area contributed by atoms with Gasteiger partial charge in [-0.3, -0.25) is 0 Å². The van der Waals surface area contributed by atoms with Gasteiger partial charge < -0.3 is 9.47 Å². The first-order chi connectivity index (χ1) is 8.27. The quantitative estimate of drug-likeness (QED) is 0.643. The average molecular weight is 295 g/mol. The minimum Gasteiger partial charge on any atom is -0.482 e. The molecule has 4 heteroatoms. The molecule has 0 amide bonds. The van der Waals surface area contributed by atoms with Gasteiger partial charge in [0.1, 0.15) is 16.8 Å². The number of alkyl halides is 1. The lowest BCUT2D eigenvalue weighted by atomic mass is 10.0. The van der Waals surface area contributed by atoms with Crippen LogP contribution in [0.15, 0.2) is 36.4 Å². The number of benzene rings is 2. The highest BCUT2D eigenvalue weighted by Gasteiger charge is 2.16. The van der Waals surface area contributed by atoms with Crippen LogP contribution in [0.3, 0.4) is 0 Å². The van der Waals surface area contributed by atoms with Gasteiger partial charge >= 0.3 is 5.97 Å². The normalized spacial score (nSPS) is 10.2. The molecule has 0 bridgehead atoms. The molecule has 0 atom stereocenters. The highest BCUT2D eigenvalue weighted by atomic mass is 79.9. The first kappa shape index (κ1) is 11.9. The molecule has 2 aromatic rings. The van der Waals surface area contributed by atoms with E-state index in [2.05, 4.69) is 15.9 Å². The molecule has 0 N–H and O–H groups in total. The number of halogens is 1. The van der Waals surface area contributed by atoms with Gasteiger partial charge in [-0.2, -0.15) is 0 Å². The third-order valence-corrected chi connectivity index (χ3v) is 2.72. The molecule has 3 nitrogen and oxygen atoms in total. The SMILES string of the molecule is COC(=O)c1c(OCBr)ccc2ccccc12. The molecule has 0 radical (unpaired) electrons. The molecule has 0 heterocycles. The zero-order valence-corrected chi connectivity index (χ0v) is 10.9. The molecule has 0 aliphatic carbocycles. The van der Waals surface area contributed by atoms with Crippen LogP contribution < -0.4 is 4.74 Å². The molecule has 2 aromatic carbocycles. The predicted molar refractivity (Wildman–Crippen MR) is 69.7 cm³/mol. The fourth-order valence-electron chi connectivity index (χ4n) is 1.74. The monoisotopic (exact) mass is 294 g/mol. The molecule has 0 saturated carbocycles. The van der Waals surface area contributed by atoms with E-state index >= 15 is 0 Å². The Morgan fingerprint density at radius 2 is 2.00 bits per heavy atom. The lowest BCUT2D eigenvalue weighted by Crippen LogP contribution is -2.05. The van der Waals surface area contributed by atoms with Crippen LogP contribution in [0.2, 0.25) is 0 Å². The minimum absolute atomic E-state index is 0.329. The van der Waals surface area contributed by atoms with Gasteiger partial charge in [-0.25, -0.2) is 4.79 Å². The number of rotatable bonds is 3. The Kier molecular flexibility index (Phi) is 3.64. The van der Waals surface area contributed by atoms with Gasteiger partial charge in [0.25, 0.3) is 0 Å². The summed E-state index contributed by atoms with van der Waals surface area (Å²) >= 11 is 3.18. The van der Waals surface area contributed by atoms with Gasteiger partial charge in [0.15, 0.2) is 0 Å². The summed E-state index contributed by atoms with van der Waals surface area (Å²) in [5, 5.41) is 1.81. The van der Waals surface area contributed by atoms with Crippen molar-refractivity contribution < 1.29 is 14.3 Å². The van der Waals surface area contributed by atoms with Crippen LogP contribution >= 0.6 is 15.9 Å². The van der Waals surface area contributed by atoms with E-state index in [1.807, 2.05) is 30.3 Å². The molecule has 0 aliphatic heterocycles. The fourth-order valence-corrected chi connectivity index (χ4v) is 1.99. The van der Waals surface area contributed by atoms with Crippen LogP contribution in [0.1, 0.15) is 10.4 Å². The predicted octanol–water partition coefficient (Wildman–Crippen LogP) is 3.36. The Balaban J connectivity index is 2.70. The Labute approximate surface area is 107 Å². The molecule has 0 aromatic heterocycles. The Morgan fingerprint density at radius 3 is 2.71 bits per heavy atom. The topological polar surface area (TPSA) is 35.5 Å². The Bertz CT molecular complexity index is 551. The smallest absolute Gasteiger partial charge is 0.342 e. The number of hydrogen-bond acceptors (Lipinski definition) is 3. The summed E-state index contributed by atoms with van der Waals surface area (Å²) in [4.78, 5) is 11.8. The van der Waals surface area contributed by atoms with E-state index in [1.54, 1.807) is 6.07 Å². The van der Waals surface area contributed by atoms with E-state index in [0.717, 1.165) is 10.8 Å². The summed E-state index contributed by atoms with van der Waals surface area (Å²) in [7, 11) is 1.36. The molecule has 0 aliphatic rings. The molecule has 0 saturated heterocycles. The van der Waals surface area contributed by atoms with E-state index in [4.69, 9.17) is 9.47 Å². The van der Waals surface area contributed by atoms with Crippen molar-refractivity contribution in [3.05, 3.63) is 42.0 Å². The second-order valence-electron chi connectivity index (χ2n) is 3.40. The van der Waals surface area contributed by atoms with Crippen molar-refractivity contribution in [2.24, 2.45) is 0 Å². The number of ether oxygens (including phenoxy) is 2. The molecule has 2 rings (SSSR count). The zero-order valence-electron chi connectivity index (χ0n) is 9.27. The Hall–Kier alpha value is -1.55. The van der Waals surface area contributed by atoms with Crippen molar-refractivity contribution in [2.45, 2.75) is 0 Å². The largest absolute Gasteiger partial charge is 0.482 e. The highest BCUT2D eigenvalue weighted by molar-refractivity contribution is 9.09. The molecular weight excluding hydrogens is 284 g/mol. The van der Waals surface area contributed by atoms with Crippen LogP contribution in [0.4, 0.5) is 0 Å². The van der Waals surface area contributed by atoms with Gasteiger partial charge in [0.2, 0.25) is 0 Å². The van der Waals surface area contributed by atoms with Gasteiger partial charge in [0.05, 0.1) is 7.11 Å². The number of methoxy groups -OCH3 is 1. The second kappa shape index (κ2) is 5.19. The van der Waals surface area contributed by atoms with Gasteiger partial charge in [0, 0.05) is 0 Å². The van der Waals surface area contributed by atoms with Crippen molar-refractivity contribution in [1.29, 1.82) is 0 Å². The molecule has 0 unspecified atom stereocenters. The van der Waals surface area contributed by atoms with Crippen LogP contribution in [0.25, 0.3) is 10.8 Å². The summed E-state index contributed by atoms with van der Waals surface area (Å²) < 4.78 is 10.2. The van der Waals surface area contributed by atoms with Crippen molar-refractivity contribution in [3.63, 3.8) is 0 Å². The summed E-state index contributed by atoms with van der Waals surface area (Å²) in [6, 6.07) is 11.3. The first-order valence-electron chi connectivity index (χ1n) is 5.06. The summed E-state index contributed by atoms with van der Waals surface area (Å²) in [6.07, 6.45) is 0. The van der Waals surface area contributed by atoms with E-state index in [1.165, 1.54) is 7.11 Å². The van der Waals surface area contributed by atoms with Crippen LogP contribution in [0.5, 0.6) is 5.75 Å². The minimum atomic E-state index is -0.391. The number of esters is 1. The average Bonchev–Trinajstić information content (AvgIpc) is 2.38. The summed E-state index contributed by atoms with van der Waals surface area (Å²) in [5.41, 5.74) is 0.792. The maximum atomic E-state index is 11.8. The van der Waals surface area contributed by atoms with E-state index in [-0.39, 0.29) is 0 Å². The molecule has 0 fully saturated rings. The van der Waals surface area contributed by atoms with E-state index in [0.29, 0.717) is 16.8 Å². The van der Waals surface area contributed by atoms with Crippen molar-refractivity contribution in [3.8, 4) is 5.75 Å². The van der Waals surface area contributed by atoms with E-state index < -0.39 is 5.97 Å². The first-order valence-corrected chi connectivity index (χ1v) is 6.19. The van der Waals surface area contributed by atoms with Gasteiger partial charge in [-0.15, -0.1) is 0 Å². The number of carbonyl (C=O) groups is 1. The summed E-state index contributed by atoms with van der Waals surface area (Å²) in [6.45, 7) is 0. The van der Waals surface area contributed by atoms with Gasteiger partial charge in [-0.1, -0.05) is 30.3 Å². The maximum Gasteiger partial charge on any atom is 0.342 e. The number of hydrogen-bond donors (Lipinski definition) is 0. The summed E-state index contributed by atoms with van der Waals surface area (Å²) in [5.74, 6) is 0.130. The molecule has 0 spiro atoms. The highest BCUT2D eigenvalue weighted by Crippen LogP contribution is 2.28. The zero-order chi connectivity index (χ0) is 12.3. The second-order valence-corrected chi connectivity index (χ2v) is 3.86. The number of fused-ring (bicyclic) bond motifs is 1. The third kappa shape index (κ3) is 2.26. The standard InChI is InChI=1S/C13H11BrO3/c1-16-13(15)12-10-5-3-2-4-9(10)6-7-11(12)17-8-14/h2-7H,8H2,1H3. The van der Waals surface area contributed by atoms with Gasteiger partial charge in [-0.05, 0) is 32.8 Å². The van der Waals surface area contributed by atoms with Crippen molar-refractivity contribution in [1.82, 2.24) is 0 Å². The maximum absolute atomic E-state index is 11.8. The number of carbonyl (C=O) groups excluding carboxylic acids is 1. The van der Waals surface area contributed by atoms with Crippen molar-refractivity contribution >= 4 is 32.7 Å². The lowest BCUT2D eigenvalue weighted by Gasteiger charge is -2.10. The molecule has 17 heavy (non-hydrogen) atoms. The van der Waals surface area contributed by atoms with Crippen LogP contribution in [-0.4, -0.2) is 18.6 Å². The van der Waals surface area contributed by atoms with Crippen LogP contribution in [0, 0.1) is 0 Å². The van der Waals surface area contributed by atoms with Crippen LogP contribution in [-0.2, 0) is 4.74 Å². The molecular formula is C13H11BrO3. The van der Waals surface area contributed by atoms with E-state index in [9.17, 15) is 4.79 Å². The molecule has 88 valence electrons. The fraction of sp³-hybridized carbons (Fsp3) is 0.154.